The van der Waals surface area contributed by atoms with Crippen molar-refractivity contribution in [3.63, 3.8) is 0 Å². The van der Waals surface area contributed by atoms with Crippen LogP contribution in [-0.2, 0) is 0 Å². The third kappa shape index (κ3) is 6.03. The smallest absolute Gasteiger partial charge is 0.166 e. The van der Waals surface area contributed by atoms with Crippen LogP contribution in [-0.4, -0.2) is 23.9 Å². The van der Waals surface area contributed by atoms with Crippen molar-refractivity contribution in [3.8, 4) is 62.1 Å². The maximum atomic E-state index is 5.52. The molecule has 0 aliphatic carbocycles. The molecule has 0 spiro atoms. The van der Waals surface area contributed by atoms with Crippen molar-refractivity contribution < 1.29 is 0 Å². The topological polar surface area (TPSA) is 48.0 Å². The number of benzene rings is 11. The third-order valence-electron chi connectivity index (χ3n) is 15.7. The van der Waals surface area contributed by atoms with Gasteiger partial charge >= 0.3 is 0 Å². The molecule has 0 saturated heterocycles. The van der Waals surface area contributed by atoms with E-state index < -0.39 is 0 Å². The zero-order chi connectivity index (χ0) is 49.6. The monoisotopic (exact) mass is 1000 g/mol. The summed E-state index contributed by atoms with van der Waals surface area (Å²) in [5, 5.41) is 12.5. The number of para-hydroxylation sites is 4. The molecule has 0 bridgehead atoms. The highest BCUT2D eigenvalue weighted by Gasteiger charge is 2.24. The van der Waals surface area contributed by atoms with E-state index >= 15 is 0 Å². The molecule has 7 heteroatoms. The SMILES string of the molecule is c1ccc(-n2c3ccccc3c3cccc(-c4nc(-c5ccc6sc7ccccc7c6c5)nc(-c5ccccc5-c5cccc(-c6ccc7c(c6)c6ccc8sc9cccc%10c%11ccccc%11n7c6c8c9%10)c5)n4)c32)cc1. The molecule has 0 radical (unpaired) electrons. The Hall–Kier alpha value is -9.53. The van der Waals surface area contributed by atoms with E-state index in [1.807, 2.05) is 22.7 Å². The molecule has 76 heavy (non-hydrogen) atoms. The lowest BCUT2D eigenvalue weighted by Gasteiger charge is -2.14. The number of thiophene rings is 2. The molecule has 0 aliphatic heterocycles. The normalized spacial score (nSPS) is 12.2. The Morgan fingerprint density at radius 2 is 0.829 bits per heavy atom. The number of aromatic nitrogens is 5. The molecule has 0 N–H and O–H groups in total. The lowest BCUT2D eigenvalue weighted by molar-refractivity contribution is 1.07. The molecular formula is C69H39N5S2. The van der Waals surface area contributed by atoms with Gasteiger partial charge in [0.2, 0.25) is 0 Å². The third-order valence-corrected chi connectivity index (χ3v) is 18.0. The van der Waals surface area contributed by atoms with E-state index in [0.717, 1.165) is 61.1 Å². The molecular weight excluding hydrogens is 963 g/mol. The lowest BCUT2D eigenvalue weighted by atomic mass is 9.95. The van der Waals surface area contributed by atoms with E-state index in [1.165, 1.54) is 83.8 Å². The van der Waals surface area contributed by atoms with Crippen LogP contribution in [0.2, 0.25) is 0 Å². The van der Waals surface area contributed by atoms with E-state index in [0.29, 0.717) is 17.5 Å². The summed E-state index contributed by atoms with van der Waals surface area (Å²) in [4.78, 5) is 16.4. The van der Waals surface area contributed by atoms with Crippen LogP contribution in [0.3, 0.4) is 0 Å². The van der Waals surface area contributed by atoms with Crippen LogP contribution in [0.4, 0.5) is 0 Å². The summed E-state index contributed by atoms with van der Waals surface area (Å²) in [6, 6.07) is 85.9. The minimum absolute atomic E-state index is 0.613. The van der Waals surface area contributed by atoms with Gasteiger partial charge in [-0.2, -0.15) is 0 Å². The minimum atomic E-state index is 0.613. The fourth-order valence-corrected chi connectivity index (χ4v) is 14.6. The van der Waals surface area contributed by atoms with Crippen LogP contribution in [0.5, 0.6) is 0 Å². The molecule has 0 atom stereocenters. The Balaban J connectivity index is 0.860. The van der Waals surface area contributed by atoms with Crippen molar-refractivity contribution >= 4 is 123 Å². The molecule has 6 aromatic heterocycles. The van der Waals surface area contributed by atoms with E-state index in [-0.39, 0.29) is 0 Å². The first kappa shape index (κ1) is 41.9. The molecule has 17 rings (SSSR count). The molecule has 6 heterocycles. The highest BCUT2D eigenvalue weighted by molar-refractivity contribution is 7.26. The predicted octanol–water partition coefficient (Wildman–Crippen LogP) is 19.2. The highest BCUT2D eigenvalue weighted by atomic mass is 32.1. The maximum absolute atomic E-state index is 5.52. The van der Waals surface area contributed by atoms with Crippen LogP contribution in [0, 0.1) is 0 Å². The second-order valence-electron chi connectivity index (χ2n) is 19.8. The van der Waals surface area contributed by atoms with Gasteiger partial charge in [0.1, 0.15) is 0 Å². The van der Waals surface area contributed by atoms with Crippen LogP contribution in [0.15, 0.2) is 237 Å². The largest absolute Gasteiger partial charge is 0.309 e. The quantitative estimate of drug-likeness (QED) is 0.167. The summed E-state index contributed by atoms with van der Waals surface area (Å²) in [6.45, 7) is 0. The second kappa shape index (κ2) is 16.0. The first-order chi connectivity index (χ1) is 37.7. The average molecular weight is 1000 g/mol. The van der Waals surface area contributed by atoms with Gasteiger partial charge in [-0.1, -0.05) is 152 Å². The molecule has 5 nitrogen and oxygen atoms in total. The standard InChI is InChI=1S/C69H39N5S2/c1-2-17-44(18-3-1)73-56-27-9-7-21-47(56)50-25-13-26-53(65(50)73)69-71-67(43-32-35-60-55(39-43)48-22-8-11-29-59(48)75-60)70-68(72-69)52-23-5-4-19-45(52)42-16-12-15-40(37-42)41-31-34-58-54(38-41)51-33-36-62-64-63-49(24-14-30-61(63)76-62)46-20-6-10-28-57(46)74(58)66(51)64/h1-39H. The Kier molecular flexibility index (Phi) is 8.81. The molecule has 0 saturated carbocycles. The van der Waals surface area contributed by atoms with Crippen molar-refractivity contribution in [2.75, 3.05) is 0 Å². The first-order valence-corrected chi connectivity index (χ1v) is 27.3. The van der Waals surface area contributed by atoms with Gasteiger partial charge in [0.25, 0.3) is 0 Å². The fraction of sp³-hybridized carbons (Fsp3) is 0. The van der Waals surface area contributed by atoms with E-state index in [1.54, 1.807) is 0 Å². The summed E-state index contributed by atoms with van der Waals surface area (Å²) >= 11 is 3.70. The van der Waals surface area contributed by atoms with Crippen molar-refractivity contribution in [1.29, 1.82) is 0 Å². The first-order valence-electron chi connectivity index (χ1n) is 25.7. The summed E-state index contributed by atoms with van der Waals surface area (Å²) in [5.41, 5.74) is 14.2. The van der Waals surface area contributed by atoms with Gasteiger partial charge in [0.05, 0.1) is 27.6 Å². The number of hydrogen-bond acceptors (Lipinski definition) is 5. The summed E-state index contributed by atoms with van der Waals surface area (Å²) in [6.07, 6.45) is 0. The molecule has 0 fully saturated rings. The molecule has 0 amide bonds. The van der Waals surface area contributed by atoms with Crippen molar-refractivity contribution in [3.05, 3.63) is 237 Å². The van der Waals surface area contributed by atoms with Gasteiger partial charge in [0, 0.05) is 89.7 Å². The van der Waals surface area contributed by atoms with Crippen molar-refractivity contribution in [2.45, 2.75) is 0 Å². The van der Waals surface area contributed by atoms with E-state index in [2.05, 4.69) is 246 Å². The van der Waals surface area contributed by atoms with Gasteiger partial charge in [0.15, 0.2) is 17.5 Å². The van der Waals surface area contributed by atoms with E-state index in [9.17, 15) is 0 Å². The van der Waals surface area contributed by atoms with Gasteiger partial charge in [-0.05, 0) is 113 Å². The number of rotatable bonds is 6. The summed E-state index contributed by atoms with van der Waals surface area (Å²) in [7, 11) is 0. The Morgan fingerprint density at radius 3 is 1.72 bits per heavy atom. The van der Waals surface area contributed by atoms with Crippen LogP contribution >= 0.6 is 22.7 Å². The molecule has 17 aromatic rings. The molecule has 0 unspecified atom stereocenters. The Labute approximate surface area is 442 Å². The summed E-state index contributed by atoms with van der Waals surface area (Å²) in [5.74, 6) is 1.85. The molecule has 0 aliphatic rings. The Morgan fingerprint density at radius 1 is 0.276 bits per heavy atom. The van der Waals surface area contributed by atoms with Gasteiger partial charge in [-0.25, -0.2) is 15.0 Å². The zero-order valence-corrected chi connectivity index (χ0v) is 42.2. The van der Waals surface area contributed by atoms with Crippen LogP contribution in [0.1, 0.15) is 0 Å². The van der Waals surface area contributed by atoms with Gasteiger partial charge in [-0.15, -0.1) is 22.7 Å². The molecule has 352 valence electrons. The highest BCUT2D eigenvalue weighted by Crippen LogP contribution is 2.48. The predicted molar refractivity (Wildman–Crippen MR) is 322 cm³/mol. The van der Waals surface area contributed by atoms with Crippen LogP contribution in [0.25, 0.3) is 162 Å². The molecule has 11 aromatic carbocycles. The number of nitrogens with zero attached hydrogens (tertiary/aromatic N) is 5. The minimum Gasteiger partial charge on any atom is -0.309 e. The average Bonchev–Trinajstić information content (AvgIpc) is 4.32. The second-order valence-corrected chi connectivity index (χ2v) is 22.0. The summed E-state index contributed by atoms with van der Waals surface area (Å²) < 4.78 is 10.0. The van der Waals surface area contributed by atoms with E-state index in [4.69, 9.17) is 15.0 Å². The maximum Gasteiger partial charge on any atom is 0.166 e. The zero-order valence-electron chi connectivity index (χ0n) is 40.6. The van der Waals surface area contributed by atoms with Crippen molar-refractivity contribution in [1.82, 2.24) is 23.9 Å². The van der Waals surface area contributed by atoms with Crippen LogP contribution < -0.4 is 0 Å². The Bertz CT molecular complexity index is 5240. The van der Waals surface area contributed by atoms with Gasteiger partial charge < -0.3 is 8.97 Å². The fourth-order valence-electron chi connectivity index (χ4n) is 12.4. The lowest BCUT2D eigenvalue weighted by Crippen LogP contribution is -2.02. The number of fused-ring (bicyclic) bond motifs is 12. The number of hydrogen-bond donors (Lipinski definition) is 0. The van der Waals surface area contributed by atoms with Crippen molar-refractivity contribution in [2.24, 2.45) is 0 Å². The van der Waals surface area contributed by atoms with Gasteiger partial charge in [-0.3, -0.25) is 0 Å².